The van der Waals surface area contributed by atoms with Gasteiger partial charge in [-0.25, -0.2) is 18.1 Å². The number of sulfonamides is 1. The number of benzene rings is 1. The number of thiophene rings is 1. The third-order valence-electron chi connectivity index (χ3n) is 2.98. The van der Waals surface area contributed by atoms with E-state index in [1.165, 1.54) is 11.3 Å². The van der Waals surface area contributed by atoms with Crippen molar-refractivity contribution in [3.05, 3.63) is 46.0 Å². The van der Waals surface area contributed by atoms with Crippen LogP contribution >= 0.6 is 27.3 Å². The first-order chi connectivity index (χ1) is 9.97. The predicted octanol–water partition coefficient (Wildman–Crippen LogP) is 3.43. The number of aromatic amines is 1. The van der Waals surface area contributed by atoms with Crippen LogP contribution in [0.1, 0.15) is 18.8 Å². The van der Waals surface area contributed by atoms with Crippen molar-refractivity contribution >= 4 is 48.3 Å². The molecule has 21 heavy (non-hydrogen) atoms. The van der Waals surface area contributed by atoms with Crippen molar-refractivity contribution in [2.75, 3.05) is 0 Å². The Hall–Kier alpha value is -1.22. The Bertz CT molecular complexity index is 853. The van der Waals surface area contributed by atoms with Crippen LogP contribution in [0.2, 0.25) is 0 Å². The van der Waals surface area contributed by atoms with Crippen LogP contribution in [0.5, 0.6) is 0 Å². The molecule has 0 aliphatic rings. The zero-order valence-corrected chi connectivity index (χ0v) is 14.2. The van der Waals surface area contributed by atoms with Crippen molar-refractivity contribution in [3.63, 3.8) is 0 Å². The largest absolute Gasteiger partial charge is 0.341 e. The molecule has 0 saturated carbocycles. The fraction of sp³-hybridized carbons (Fsp3) is 0.154. The Morgan fingerprint density at radius 3 is 2.76 bits per heavy atom. The molecule has 0 aliphatic carbocycles. The lowest BCUT2D eigenvalue weighted by molar-refractivity contribution is 0.563. The number of hydrogen-bond acceptors (Lipinski definition) is 4. The Labute approximate surface area is 134 Å². The Morgan fingerprint density at radius 1 is 1.33 bits per heavy atom. The van der Waals surface area contributed by atoms with Gasteiger partial charge in [0.05, 0.1) is 17.1 Å². The molecular weight excluding hydrogens is 374 g/mol. The maximum absolute atomic E-state index is 12.3. The summed E-state index contributed by atoms with van der Waals surface area (Å²) < 4.78 is 28.2. The molecule has 0 aliphatic heterocycles. The molecule has 0 spiro atoms. The highest BCUT2D eigenvalue weighted by Gasteiger charge is 2.23. The quantitative estimate of drug-likeness (QED) is 0.722. The number of nitrogens with zero attached hydrogens (tertiary/aromatic N) is 1. The van der Waals surface area contributed by atoms with E-state index in [1.807, 2.05) is 24.3 Å². The second-order valence-corrected chi connectivity index (χ2v) is 8.22. The SMILES string of the molecule is CC(NS(=O)(=O)c1sccc1Br)c1nc2ccccc2[nH]1. The van der Waals surface area contributed by atoms with E-state index in [-0.39, 0.29) is 4.21 Å². The van der Waals surface area contributed by atoms with Gasteiger partial charge in [-0.1, -0.05) is 12.1 Å². The second-order valence-electron chi connectivity index (χ2n) is 4.54. The van der Waals surface area contributed by atoms with Crippen molar-refractivity contribution in [1.82, 2.24) is 14.7 Å². The number of fused-ring (bicyclic) bond motifs is 1. The third-order valence-corrected chi connectivity index (χ3v) is 7.19. The smallest absolute Gasteiger partial charge is 0.251 e. The van der Waals surface area contributed by atoms with Crippen LogP contribution in [-0.2, 0) is 10.0 Å². The van der Waals surface area contributed by atoms with Gasteiger partial charge in [0.15, 0.2) is 0 Å². The molecule has 1 atom stereocenters. The first-order valence-electron chi connectivity index (χ1n) is 6.17. The van der Waals surface area contributed by atoms with Gasteiger partial charge in [-0.2, -0.15) is 0 Å². The molecule has 2 aromatic heterocycles. The standard InChI is InChI=1S/C13H12BrN3O2S2/c1-8(12-15-10-4-2-3-5-11(10)16-12)17-21(18,19)13-9(14)6-7-20-13/h2-8,17H,1H3,(H,15,16). The van der Waals surface area contributed by atoms with Crippen LogP contribution < -0.4 is 4.72 Å². The fourth-order valence-corrected chi connectivity index (χ4v) is 5.55. The second kappa shape index (κ2) is 5.53. The summed E-state index contributed by atoms with van der Waals surface area (Å²) in [5.41, 5.74) is 1.70. The monoisotopic (exact) mass is 385 g/mol. The maximum Gasteiger partial charge on any atom is 0.251 e. The lowest BCUT2D eigenvalue weighted by Crippen LogP contribution is -2.27. The zero-order valence-electron chi connectivity index (χ0n) is 11.0. The van der Waals surface area contributed by atoms with Crippen LogP contribution in [-0.4, -0.2) is 18.4 Å². The molecule has 0 fully saturated rings. The summed E-state index contributed by atoms with van der Waals surface area (Å²) in [4.78, 5) is 7.54. The molecule has 3 aromatic rings. The van der Waals surface area contributed by atoms with E-state index in [0.29, 0.717) is 10.3 Å². The summed E-state index contributed by atoms with van der Waals surface area (Å²) in [6.45, 7) is 1.76. The predicted molar refractivity (Wildman–Crippen MR) is 86.8 cm³/mol. The molecule has 0 amide bonds. The van der Waals surface area contributed by atoms with E-state index in [0.717, 1.165) is 11.0 Å². The number of imidazole rings is 1. The highest BCUT2D eigenvalue weighted by molar-refractivity contribution is 9.10. The first kappa shape index (κ1) is 14.7. The zero-order chi connectivity index (χ0) is 15.0. The van der Waals surface area contributed by atoms with Crippen molar-refractivity contribution in [3.8, 4) is 0 Å². The van der Waals surface area contributed by atoms with Crippen molar-refractivity contribution < 1.29 is 8.42 Å². The van der Waals surface area contributed by atoms with Crippen LogP contribution in [0, 0.1) is 0 Å². The lowest BCUT2D eigenvalue weighted by Gasteiger charge is -2.11. The van der Waals surface area contributed by atoms with Gasteiger partial charge >= 0.3 is 0 Å². The van der Waals surface area contributed by atoms with E-state index >= 15 is 0 Å². The molecule has 3 rings (SSSR count). The number of para-hydroxylation sites is 2. The van der Waals surface area contributed by atoms with Gasteiger partial charge in [-0.3, -0.25) is 0 Å². The minimum absolute atomic E-state index is 0.269. The molecule has 0 bridgehead atoms. The minimum Gasteiger partial charge on any atom is -0.341 e. The van der Waals surface area contributed by atoms with Crippen LogP contribution in [0.3, 0.4) is 0 Å². The first-order valence-corrected chi connectivity index (χ1v) is 9.33. The number of hydrogen-bond donors (Lipinski definition) is 2. The summed E-state index contributed by atoms with van der Waals surface area (Å²) in [5.74, 6) is 0.590. The summed E-state index contributed by atoms with van der Waals surface area (Å²) >= 11 is 4.41. The molecule has 1 unspecified atom stereocenters. The number of H-pyrrole nitrogens is 1. The Morgan fingerprint density at radius 2 is 2.10 bits per heavy atom. The summed E-state index contributed by atoms with van der Waals surface area (Å²) in [7, 11) is -3.57. The average Bonchev–Trinajstić information content (AvgIpc) is 3.03. The Balaban J connectivity index is 1.89. The number of rotatable bonds is 4. The minimum atomic E-state index is -3.57. The van der Waals surface area contributed by atoms with Gasteiger partial charge in [-0.15, -0.1) is 11.3 Å². The van der Waals surface area contributed by atoms with Gasteiger partial charge in [-0.05, 0) is 46.4 Å². The molecule has 0 radical (unpaired) electrons. The molecule has 2 heterocycles. The topological polar surface area (TPSA) is 74.8 Å². The van der Waals surface area contributed by atoms with E-state index in [9.17, 15) is 8.42 Å². The van der Waals surface area contributed by atoms with E-state index < -0.39 is 16.1 Å². The van der Waals surface area contributed by atoms with Crippen LogP contribution in [0.4, 0.5) is 0 Å². The summed E-state index contributed by atoms with van der Waals surface area (Å²) in [6, 6.07) is 8.85. The molecule has 0 saturated heterocycles. The summed E-state index contributed by atoms with van der Waals surface area (Å²) in [6.07, 6.45) is 0. The third kappa shape index (κ3) is 2.89. The van der Waals surface area contributed by atoms with Crippen molar-refractivity contribution in [2.24, 2.45) is 0 Å². The van der Waals surface area contributed by atoms with Gasteiger partial charge < -0.3 is 4.98 Å². The van der Waals surface area contributed by atoms with Gasteiger partial charge in [0.2, 0.25) is 0 Å². The van der Waals surface area contributed by atoms with Crippen molar-refractivity contribution in [2.45, 2.75) is 17.2 Å². The van der Waals surface area contributed by atoms with Gasteiger partial charge in [0, 0.05) is 4.47 Å². The molecule has 1 aromatic carbocycles. The lowest BCUT2D eigenvalue weighted by atomic mass is 10.3. The number of nitrogens with one attached hydrogen (secondary N) is 2. The normalized spacial score (nSPS) is 13.6. The number of halogens is 1. The molecule has 5 nitrogen and oxygen atoms in total. The molecular formula is C13H12BrN3O2S2. The fourth-order valence-electron chi connectivity index (χ4n) is 1.99. The highest BCUT2D eigenvalue weighted by atomic mass is 79.9. The van der Waals surface area contributed by atoms with Gasteiger partial charge in [0.1, 0.15) is 10.0 Å². The Kier molecular flexibility index (Phi) is 3.87. The van der Waals surface area contributed by atoms with Crippen LogP contribution in [0.25, 0.3) is 11.0 Å². The van der Waals surface area contributed by atoms with E-state index in [2.05, 4.69) is 30.6 Å². The van der Waals surface area contributed by atoms with Crippen molar-refractivity contribution in [1.29, 1.82) is 0 Å². The highest BCUT2D eigenvalue weighted by Crippen LogP contribution is 2.28. The van der Waals surface area contributed by atoms with Gasteiger partial charge in [0.25, 0.3) is 10.0 Å². The average molecular weight is 386 g/mol. The van der Waals surface area contributed by atoms with E-state index in [1.54, 1.807) is 18.4 Å². The van der Waals surface area contributed by atoms with E-state index in [4.69, 9.17) is 0 Å². The molecule has 110 valence electrons. The molecule has 8 heteroatoms. The summed E-state index contributed by atoms with van der Waals surface area (Å²) in [5, 5.41) is 1.73. The molecule has 2 N–H and O–H groups in total. The number of aromatic nitrogens is 2. The maximum atomic E-state index is 12.3. The van der Waals surface area contributed by atoms with Crippen LogP contribution in [0.15, 0.2) is 44.4 Å².